The van der Waals surface area contributed by atoms with Crippen LogP contribution in [0.25, 0.3) is 32.7 Å². The Balaban J connectivity index is 0.000000178. The van der Waals surface area contributed by atoms with Gasteiger partial charge in [0.2, 0.25) is 0 Å². The van der Waals surface area contributed by atoms with E-state index in [1.807, 2.05) is 30.5 Å². The number of phenols is 2. The van der Waals surface area contributed by atoms with Gasteiger partial charge < -0.3 is 57.5 Å². The van der Waals surface area contributed by atoms with E-state index >= 15 is 0 Å². The number of fused-ring (bicyclic) bond motifs is 5. The number of unbranched alkanes of at least 4 members (excludes halogenated alkanes) is 6. The minimum absolute atomic E-state index is 0.102. The molecule has 0 fully saturated rings. The van der Waals surface area contributed by atoms with Crippen LogP contribution in [-0.2, 0) is 19.6 Å². The second-order valence-electron chi connectivity index (χ2n) is 18.0. The van der Waals surface area contributed by atoms with E-state index in [1.54, 1.807) is 36.4 Å². The fraction of sp³-hybridized carbons (Fsp3) is 0.309. The number of nitrogens with one attached hydrogen (secondary N) is 8. The van der Waals surface area contributed by atoms with Crippen molar-refractivity contribution in [2.75, 3.05) is 26.2 Å². The summed E-state index contributed by atoms with van der Waals surface area (Å²) in [4.78, 5) is 35.5. The van der Waals surface area contributed by atoms with Gasteiger partial charge in [-0.2, -0.15) is 0 Å². The standard InChI is InChI=1S/C32H35N5O2.C23H28N4O2/c38-23-11-12-24-26(18-23)31(37-32(24)39)30-25-7-3-4-8-27(25)36-29(30)20-34-15-6-2-1-5-14-33-19-21-9-10-22-13-16-35-28(22)17-21;24-11-5-1-2-6-12-25-14-20-21(17-7-3-4-8-19(17)26-20)22-18-13-15(28)9-10-16(18)23(29)27-22/h3-4,7-13,16-18,31,33-36,38H,1-2,5-6,14-15,19-20H2,(H,37,39);3-4,7-10,13,22,25-26,28H,1-2,5-6,11-12,14,24H2,(H,27,29). The number of amides is 2. The van der Waals surface area contributed by atoms with Gasteiger partial charge in [0.25, 0.3) is 11.8 Å². The van der Waals surface area contributed by atoms with Crippen molar-refractivity contribution < 1.29 is 19.8 Å². The summed E-state index contributed by atoms with van der Waals surface area (Å²) < 4.78 is 0. The maximum atomic E-state index is 12.6. The number of H-pyrrole nitrogens is 3. The predicted molar refractivity (Wildman–Crippen MR) is 271 cm³/mol. The van der Waals surface area contributed by atoms with E-state index in [2.05, 4.69) is 90.1 Å². The minimum Gasteiger partial charge on any atom is -0.508 e. The number of nitrogens with two attached hydrogens (primary N) is 1. The average molecular weight is 914 g/mol. The van der Waals surface area contributed by atoms with Crippen molar-refractivity contribution in [3.8, 4) is 11.5 Å². The maximum Gasteiger partial charge on any atom is 0.252 e. The SMILES string of the molecule is NCCCCCCNCc1[nH]c2ccccc2c1C1NC(=O)c2ccc(O)cc21.O=C1NC(c2c(CNCCCCCCNCc3ccc4cc[nH]c4c3)[nH]c3ccccc23)c2cc(O)ccc21. The first-order valence-electron chi connectivity index (χ1n) is 24.2. The number of hydrogen-bond acceptors (Lipinski definition) is 8. The van der Waals surface area contributed by atoms with Gasteiger partial charge in [0.05, 0.1) is 12.1 Å². The molecule has 0 saturated carbocycles. The predicted octanol–water partition coefficient (Wildman–Crippen LogP) is 8.94. The molecule has 352 valence electrons. The molecular weight excluding hydrogens is 851 g/mol. The smallest absolute Gasteiger partial charge is 0.252 e. The van der Waals surface area contributed by atoms with Crippen LogP contribution in [0.3, 0.4) is 0 Å². The van der Waals surface area contributed by atoms with Crippen LogP contribution >= 0.6 is 0 Å². The quantitative estimate of drug-likeness (QED) is 0.0313. The van der Waals surface area contributed by atoms with E-state index in [1.165, 1.54) is 48.6 Å². The second-order valence-corrected chi connectivity index (χ2v) is 18.0. The van der Waals surface area contributed by atoms with Gasteiger partial charge in [-0.25, -0.2) is 0 Å². The Morgan fingerprint density at radius 2 is 1.01 bits per heavy atom. The van der Waals surface area contributed by atoms with E-state index in [0.29, 0.717) is 24.2 Å². The van der Waals surface area contributed by atoms with Crippen LogP contribution in [0.4, 0.5) is 0 Å². The Hall–Kier alpha value is -6.90. The third kappa shape index (κ3) is 10.5. The number of carbonyl (C=O) groups excluding carboxylic acids is 2. The molecule has 12 N–H and O–H groups in total. The van der Waals surface area contributed by atoms with E-state index in [-0.39, 0.29) is 35.4 Å². The second kappa shape index (κ2) is 21.8. The first kappa shape index (κ1) is 46.2. The molecule has 5 heterocycles. The Bertz CT molecular complexity index is 3000. The number of phenolic OH excluding ortho intramolecular Hbond substituents is 2. The molecule has 8 aromatic rings. The summed E-state index contributed by atoms with van der Waals surface area (Å²) in [6.45, 7) is 5.95. The first-order valence-corrected chi connectivity index (χ1v) is 24.2. The molecule has 0 spiro atoms. The summed E-state index contributed by atoms with van der Waals surface area (Å²) in [5, 5.41) is 40.4. The van der Waals surface area contributed by atoms with Crippen molar-refractivity contribution in [3.63, 3.8) is 0 Å². The summed E-state index contributed by atoms with van der Waals surface area (Å²) in [6, 6.07) is 34.3. The van der Waals surface area contributed by atoms with Crippen LogP contribution in [0.5, 0.6) is 11.5 Å². The van der Waals surface area contributed by atoms with Crippen molar-refractivity contribution >= 4 is 44.5 Å². The fourth-order valence-corrected chi connectivity index (χ4v) is 9.86. The van der Waals surface area contributed by atoms with Gasteiger partial charge in [-0.1, -0.05) is 74.2 Å². The highest BCUT2D eigenvalue weighted by Crippen LogP contribution is 2.40. The van der Waals surface area contributed by atoms with Crippen LogP contribution < -0.4 is 32.3 Å². The Labute approximate surface area is 396 Å². The normalized spacial score (nSPS) is 15.1. The molecule has 2 unspecified atom stereocenters. The summed E-state index contributed by atoms with van der Waals surface area (Å²) in [5.41, 5.74) is 17.3. The van der Waals surface area contributed by atoms with E-state index in [9.17, 15) is 19.8 Å². The van der Waals surface area contributed by atoms with Crippen LogP contribution in [-0.4, -0.2) is 63.2 Å². The number of aromatic nitrogens is 3. The number of para-hydroxylation sites is 2. The molecule has 10 rings (SSSR count). The molecule has 2 aliphatic rings. The van der Waals surface area contributed by atoms with Gasteiger partial charge in [-0.05, 0) is 135 Å². The molecule has 68 heavy (non-hydrogen) atoms. The lowest BCUT2D eigenvalue weighted by Gasteiger charge is -2.15. The Morgan fingerprint density at radius 1 is 0.515 bits per heavy atom. The molecule has 5 aromatic carbocycles. The highest BCUT2D eigenvalue weighted by Gasteiger charge is 2.35. The maximum absolute atomic E-state index is 12.6. The van der Waals surface area contributed by atoms with Crippen molar-refractivity contribution in [3.05, 3.63) is 166 Å². The van der Waals surface area contributed by atoms with Crippen molar-refractivity contribution in [2.24, 2.45) is 5.73 Å². The Morgan fingerprint density at radius 3 is 1.54 bits per heavy atom. The molecule has 0 radical (unpaired) electrons. The van der Waals surface area contributed by atoms with Crippen LogP contribution in [0, 0.1) is 0 Å². The molecular formula is C55H63N9O4. The van der Waals surface area contributed by atoms with Gasteiger partial charge in [-0.15, -0.1) is 0 Å². The monoisotopic (exact) mass is 914 g/mol. The summed E-state index contributed by atoms with van der Waals surface area (Å²) in [6.07, 6.45) is 11.2. The highest BCUT2D eigenvalue weighted by atomic mass is 16.3. The van der Waals surface area contributed by atoms with Gasteiger partial charge >= 0.3 is 0 Å². The van der Waals surface area contributed by atoms with Gasteiger partial charge in [0.1, 0.15) is 11.5 Å². The van der Waals surface area contributed by atoms with E-state index in [0.717, 1.165) is 107 Å². The molecule has 2 amide bonds. The van der Waals surface area contributed by atoms with Crippen molar-refractivity contribution in [2.45, 2.75) is 83.1 Å². The van der Waals surface area contributed by atoms with Gasteiger partial charge in [-0.3, -0.25) is 9.59 Å². The van der Waals surface area contributed by atoms with Crippen molar-refractivity contribution in [1.82, 2.24) is 41.5 Å². The van der Waals surface area contributed by atoms with E-state index in [4.69, 9.17) is 5.73 Å². The first-order chi connectivity index (χ1) is 33.4. The zero-order chi connectivity index (χ0) is 46.8. The lowest BCUT2D eigenvalue weighted by molar-refractivity contribution is 0.0952. The molecule has 3 aromatic heterocycles. The van der Waals surface area contributed by atoms with Crippen LogP contribution in [0.2, 0.25) is 0 Å². The zero-order valence-corrected chi connectivity index (χ0v) is 38.5. The molecule has 2 aliphatic heterocycles. The lowest BCUT2D eigenvalue weighted by Crippen LogP contribution is -2.22. The summed E-state index contributed by atoms with van der Waals surface area (Å²) >= 11 is 0. The van der Waals surface area contributed by atoms with Crippen LogP contribution in [0.1, 0.15) is 123 Å². The number of aromatic amines is 3. The number of hydrogen-bond donors (Lipinski definition) is 11. The number of carbonyl (C=O) groups is 2. The highest BCUT2D eigenvalue weighted by molar-refractivity contribution is 6.02. The summed E-state index contributed by atoms with van der Waals surface area (Å²) in [7, 11) is 0. The molecule has 13 nitrogen and oxygen atoms in total. The van der Waals surface area contributed by atoms with Crippen LogP contribution in [0.15, 0.2) is 115 Å². The zero-order valence-electron chi connectivity index (χ0n) is 38.5. The van der Waals surface area contributed by atoms with Gasteiger partial charge in [0.15, 0.2) is 0 Å². The molecule has 13 heteroatoms. The number of rotatable bonds is 21. The lowest BCUT2D eigenvalue weighted by atomic mass is 9.95. The molecule has 0 bridgehead atoms. The minimum atomic E-state index is -0.287. The summed E-state index contributed by atoms with van der Waals surface area (Å²) in [5.74, 6) is 0.134. The Kier molecular flexibility index (Phi) is 14.8. The largest absolute Gasteiger partial charge is 0.508 e. The van der Waals surface area contributed by atoms with E-state index < -0.39 is 0 Å². The van der Waals surface area contributed by atoms with Crippen molar-refractivity contribution in [1.29, 1.82) is 0 Å². The topological polar surface area (TPSA) is 208 Å². The number of benzene rings is 5. The molecule has 0 saturated heterocycles. The third-order valence-electron chi connectivity index (χ3n) is 13.3. The molecule has 0 aliphatic carbocycles. The fourth-order valence-electron chi connectivity index (χ4n) is 9.86. The average Bonchev–Trinajstić information content (AvgIpc) is 4.18. The number of aromatic hydroxyl groups is 2. The van der Waals surface area contributed by atoms with Gasteiger partial charge in [0, 0.05) is 86.8 Å². The third-order valence-corrected chi connectivity index (χ3v) is 13.3. The molecule has 2 atom stereocenters.